The maximum Gasteiger partial charge on any atom is 0.506 e. The Hall–Kier alpha value is -1.26. The third-order valence-corrected chi connectivity index (χ3v) is 0.734. The highest BCUT2D eigenvalue weighted by Gasteiger charge is 2.17. The van der Waals surface area contributed by atoms with Crippen molar-refractivity contribution in [3.05, 3.63) is 0 Å². The SMILES string of the molecule is CC(C)(C)OC(=O)COC(=O)O. The maximum absolute atomic E-state index is 10.8. The second-order valence-electron chi connectivity index (χ2n) is 3.14. The Morgan fingerprint density at radius 2 is 1.83 bits per heavy atom. The summed E-state index contributed by atoms with van der Waals surface area (Å²) in [6.07, 6.45) is -1.49. The van der Waals surface area contributed by atoms with Crippen LogP contribution < -0.4 is 0 Å². The standard InChI is InChI=1S/C7H12O5/c1-7(2,3)12-5(8)4-11-6(9)10/h4H2,1-3H3,(H,9,10). The fourth-order valence-corrected chi connectivity index (χ4v) is 0.492. The second kappa shape index (κ2) is 3.94. The summed E-state index contributed by atoms with van der Waals surface area (Å²) in [7, 11) is 0. The zero-order chi connectivity index (χ0) is 9.78. The van der Waals surface area contributed by atoms with Crippen molar-refractivity contribution in [1.29, 1.82) is 0 Å². The molecule has 1 N–H and O–H groups in total. The van der Waals surface area contributed by atoms with Gasteiger partial charge < -0.3 is 14.6 Å². The van der Waals surface area contributed by atoms with Crippen LogP contribution in [0.3, 0.4) is 0 Å². The molecule has 0 atom stereocenters. The molecule has 5 heteroatoms. The van der Waals surface area contributed by atoms with Gasteiger partial charge in [-0.25, -0.2) is 9.59 Å². The van der Waals surface area contributed by atoms with E-state index in [1.165, 1.54) is 0 Å². The minimum atomic E-state index is -1.49. The Kier molecular flexibility index (Phi) is 3.53. The van der Waals surface area contributed by atoms with E-state index < -0.39 is 24.3 Å². The van der Waals surface area contributed by atoms with Crippen LogP contribution in [0.2, 0.25) is 0 Å². The van der Waals surface area contributed by atoms with Crippen molar-refractivity contribution in [3.63, 3.8) is 0 Å². The van der Waals surface area contributed by atoms with Crippen LogP contribution in [0.1, 0.15) is 20.8 Å². The number of carbonyl (C=O) groups is 2. The van der Waals surface area contributed by atoms with Crippen molar-refractivity contribution in [2.24, 2.45) is 0 Å². The molecule has 0 saturated heterocycles. The van der Waals surface area contributed by atoms with Crippen LogP contribution in [0.25, 0.3) is 0 Å². The van der Waals surface area contributed by atoms with Gasteiger partial charge in [-0.05, 0) is 20.8 Å². The number of esters is 1. The number of carbonyl (C=O) groups excluding carboxylic acids is 1. The van der Waals surface area contributed by atoms with Crippen LogP contribution in [0.4, 0.5) is 4.79 Å². The molecule has 0 aromatic carbocycles. The summed E-state index contributed by atoms with van der Waals surface area (Å²) in [5, 5.41) is 8.03. The minimum Gasteiger partial charge on any atom is -0.457 e. The molecule has 0 radical (unpaired) electrons. The molecule has 70 valence electrons. The van der Waals surface area contributed by atoms with Crippen molar-refractivity contribution in [1.82, 2.24) is 0 Å². The highest BCUT2D eigenvalue weighted by molar-refractivity contribution is 5.73. The van der Waals surface area contributed by atoms with E-state index in [4.69, 9.17) is 9.84 Å². The van der Waals surface area contributed by atoms with Crippen LogP contribution in [-0.4, -0.2) is 29.4 Å². The Bertz CT molecular complexity index is 179. The first kappa shape index (κ1) is 10.7. The lowest BCUT2D eigenvalue weighted by molar-refractivity contribution is -0.158. The van der Waals surface area contributed by atoms with E-state index in [-0.39, 0.29) is 0 Å². The minimum absolute atomic E-state index is 0.563. The normalized spacial score (nSPS) is 10.6. The van der Waals surface area contributed by atoms with Crippen LogP contribution in [0.5, 0.6) is 0 Å². The molecule has 0 amide bonds. The van der Waals surface area contributed by atoms with Crippen LogP contribution in [0.15, 0.2) is 0 Å². The number of carboxylic acid groups (broad SMARTS) is 1. The molecule has 0 bridgehead atoms. The lowest BCUT2D eigenvalue weighted by Gasteiger charge is -2.18. The van der Waals surface area contributed by atoms with E-state index in [2.05, 4.69) is 4.74 Å². The molecule has 0 aliphatic rings. The Morgan fingerprint density at radius 1 is 1.33 bits per heavy atom. The van der Waals surface area contributed by atoms with Gasteiger partial charge in [0, 0.05) is 0 Å². The van der Waals surface area contributed by atoms with E-state index in [0.29, 0.717) is 0 Å². The summed E-state index contributed by atoms with van der Waals surface area (Å²) in [6.45, 7) is 4.50. The van der Waals surface area contributed by atoms with Crippen molar-refractivity contribution in [2.75, 3.05) is 6.61 Å². The zero-order valence-corrected chi connectivity index (χ0v) is 7.29. The first-order valence-electron chi connectivity index (χ1n) is 3.39. The van der Waals surface area contributed by atoms with E-state index in [1.807, 2.05) is 0 Å². The number of rotatable bonds is 2. The van der Waals surface area contributed by atoms with Gasteiger partial charge in [0.2, 0.25) is 0 Å². The lowest BCUT2D eigenvalue weighted by atomic mass is 10.2. The maximum atomic E-state index is 10.8. The third kappa shape index (κ3) is 6.85. The summed E-state index contributed by atoms with van der Waals surface area (Å²) >= 11 is 0. The van der Waals surface area contributed by atoms with Crippen molar-refractivity contribution >= 4 is 12.1 Å². The van der Waals surface area contributed by atoms with Gasteiger partial charge >= 0.3 is 12.1 Å². The number of hydrogen-bond donors (Lipinski definition) is 1. The van der Waals surface area contributed by atoms with Crippen LogP contribution in [-0.2, 0) is 14.3 Å². The monoisotopic (exact) mass is 176 g/mol. The van der Waals surface area contributed by atoms with Crippen LogP contribution in [0, 0.1) is 0 Å². The zero-order valence-electron chi connectivity index (χ0n) is 7.29. The van der Waals surface area contributed by atoms with Gasteiger partial charge in [0.05, 0.1) is 0 Å². The summed E-state index contributed by atoms with van der Waals surface area (Å²) in [6, 6.07) is 0. The molecule has 0 fully saturated rings. The number of ether oxygens (including phenoxy) is 2. The fourth-order valence-electron chi connectivity index (χ4n) is 0.492. The van der Waals surface area contributed by atoms with Gasteiger partial charge in [-0.1, -0.05) is 0 Å². The fraction of sp³-hybridized carbons (Fsp3) is 0.714. The molecule has 0 spiro atoms. The van der Waals surface area contributed by atoms with Crippen molar-refractivity contribution in [2.45, 2.75) is 26.4 Å². The molecule has 0 saturated carbocycles. The quantitative estimate of drug-likeness (QED) is 0.636. The van der Waals surface area contributed by atoms with Crippen molar-refractivity contribution < 1.29 is 24.2 Å². The molecule has 0 aromatic rings. The van der Waals surface area contributed by atoms with Gasteiger partial charge in [-0.2, -0.15) is 0 Å². The lowest BCUT2D eigenvalue weighted by Crippen LogP contribution is -2.27. The molecule has 0 aliphatic carbocycles. The Labute approximate surface area is 70.3 Å². The molecule has 0 heterocycles. The predicted molar refractivity (Wildman–Crippen MR) is 39.8 cm³/mol. The van der Waals surface area contributed by atoms with E-state index >= 15 is 0 Å². The highest BCUT2D eigenvalue weighted by atomic mass is 16.7. The molecule has 0 aromatic heterocycles. The Morgan fingerprint density at radius 3 is 2.17 bits per heavy atom. The first-order valence-corrected chi connectivity index (χ1v) is 3.39. The van der Waals surface area contributed by atoms with Gasteiger partial charge in [-0.15, -0.1) is 0 Å². The van der Waals surface area contributed by atoms with E-state index in [9.17, 15) is 9.59 Å². The summed E-state index contributed by atoms with van der Waals surface area (Å²) < 4.78 is 8.75. The molecular weight excluding hydrogens is 164 g/mol. The second-order valence-corrected chi connectivity index (χ2v) is 3.14. The summed E-state index contributed by atoms with van der Waals surface area (Å²) in [5.41, 5.74) is -0.612. The van der Waals surface area contributed by atoms with Crippen molar-refractivity contribution in [3.8, 4) is 0 Å². The smallest absolute Gasteiger partial charge is 0.457 e. The average Bonchev–Trinajstić information content (AvgIpc) is 1.79. The summed E-state index contributed by atoms with van der Waals surface area (Å²) in [5.74, 6) is -0.690. The van der Waals surface area contributed by atoms with Gasteiger partial charge in [0.1, 0.15) is 5.60 Å². The van der Waals surface area contributed by atoms with E-state index in [1.54, 1.807) is 20.8 Å². The Balaban J connectivity index is 3.68. The van der Waals surface area contributed by atoms with E-state index in [0.717, 1.165) is 0 Å². The average molecular weight is 176 g/mol. The van der Waals surface area contributed by atoms with Crippen LogP contribution >= 0.6 is 0 Å². The molecule has 0 unspecified atom stereocenters. The van der Waals surface area contributed by atoms with Gasteiger partial charge in [-0.3, -0.25) is 0 Å². The first-order chi connectivity index (χ1) is 5.31. The molecule has 5 nitrogen and oxygen atoms in total. The predicted octanol–water partition coefficient (Wildman–Crippen LogP) is 1.02. The molecule has 0 aliphatic heterocycles. The summed E-state index contributed by atoms with van der Waals surface area (Å²) in [4.78, 5) is 20.6. The number of hydrogen-bond acceptors (Lipinski definition) is 4. The topological polar surface area (TPSA) is 72.8 Å². The largest absolute Gasteiger partial charge is 0.506 e. The van der Waals surface area contributed by atoms with Gasteiger partial charge in [0.25, 0.3) is 0 Å². The van der Waals surface area contributed by atoms with Gasteiger partial charge in [0.15, 0.2) is 6.61 Å². The highest BCUT2D eigenvalue weighted by Crippen LogP contribution is 2.06. The molecule has 12 heavy (non-hydrogen) atoms. The molecular formula is C7H12O5. The third-order valence-electron chi connectivity index (χ3n) is 0.734. The molecule has 0 rings (SSSR count).